The van der Waals surface area contributed by atoms with Crippen LogP contribution in [-0.2, 0) is 33.1 Å². The SMILES string of the molecule is Cc1cc(C)cc(C)c1.N[C@@H](c1ccccc1)[C@@H]([N-]S(=O)(=O)Cc1ccccc1)c1ccccc1.[Cl][Ru+]. The van der Waals surface area contributed by atoms with Gasteiger partial charge >= 0.3 is 27.0 Å². The predicted octanol–water partition coefficient (Wildman–Crippen LogP) is 7.63. The Morgan fingerprint density at radius 3 is 1.51 bits per heavy atom. The van der Waals surface area contributed by atoms with Crippen molar-refractivity contribution in [3.8, 4) is 0 Å². The van der Waals surface area contributed by atoms with Gasteiger partial charge in [-0.15, -0.1) is 0 Å². The maximum atomic E-state index is 12.7. The van der Waals surface area contributed by atoms with Gasteiger partial charge < -0.3 is 10.5 Å². The molecule has 0 saturated heterocycles. The van der Waals surface area contributed by atoms with Crippen molar-refractivity contribution in [1.29, 1.82) is 0 Å². The Kier molecular flexibility index (Phi) is 13.2. The summed E-state index contributed by atoms with van der Waals surface area (Å²) in [6.45, 7) is 6.38. The van der Waals surface area contributed by atoms with Crippen LogP contribution in [0.2, 0.25) is 0 Å². The molecule has 0 aliphatic rings. The van der Waals surface area contributed by atoms with Gasteiger partial charge in [0.05, 0.1) is 15.8 Å². The number of aryl methyl sites for hydroxylation is 3. The zero-order valence-corrected chi connectivity index (χ0v) is 24.5. The van der Waals surface area contributed by atoms with Gasteiger partial charge in [-0.3, -0.25) is 0 Å². The second-order valence-corrected chi connectivity index (χ2v) is 10.4. The minimum absolute atomic E-state index is 0.140. The molecule has 0 radical (unpaired) electrons. The van der Waals surface area contributed by atoms with Gasteiger partial charge in [-0.25, -0.2) is 8.42 Å². The number of sulfonamides is 1. The van der Waals surface area contributed by atoms with Gasteiger partial charge in [-0.1, -0.05) is 137 Å². The van der Waals surface area contributed by atoms with E-state index in [2.05, 4.69) is 53.4 Å². The molecular weight excluding hydrogens is 589 g/mol. The Hall–Kier alpha value is -2.34. The van der Waals surface area contributed by atoms with Crippen molar-refractivity contribution in [2.24, 2.45) is 5.73 Å². The summed E-state index contributed by atoms with van der Waals surface area (Å²) in [5.41, 5.74) is 12.8. The van der Waals surface area contributed by atoms with E-state index in [0.717, 1.165) is 11.1 Å². The first-order valence-corrected chi connectivity index (χ1v) is 15.6. The molecule has 4 rings (SSSR count). The number of halogens is 1. The number of benzene rings is 4. The van der Waals surface area contributed by atoms with Gasteiger partial charge in [-0.2, -0.15) is 0 Å². The molecule has 0 aromatic heterocycles. The summed E-state index contributed by atoms with van der Waals surface area (Å²) in [5.74, 6) is -0.140. The number of hydrogen-bond acceptors (Lipinski definition) is 3. The van der Waals surface area contributed by atoms with Crippen LogP contribution in [0, 0.1) is 20.8 Å². The molecule has 4 aromatic rings. The Morgan fingerprint density at radius 2 is 1.08 bits per heavy atom. The van der Waals surface area contributed by atoms with E-state index in [1.54, 1.807) is 12.1 Å². The minimum atomic E-state index is -3.69. The molecule has 0 amide bonds. The molecule has 0 aliphatic heterocycles. The molecule has 2 N–H and O–H groups in total. The first kappa shape index (κ1) is 30.9. The molecular formula is C30H33ClN2O2RuS. The van der Waals surface area contributed by atoms with E-state index >= 15 is 0 Å². The van der Waals surface area contributed by atoms with Crippen molar-refractivity contribution in [3.05, 3.63) is 147 Å². The Morgan fingerprint density at radius 1 is 0.703 bits per heavy atom. The van der Waals surface area contributed by atoms with Crippen molar-refractivity contribution in [2.75, 3.05) is 0 Å². The molecule has 0 bridgehead atoms. The van der Waals surface area contributed by atoms with Crippen molar-refractivity contribution >= 4 is 19.7 Å². The van der Waals surface area contributed by atoms with Gasteiger partial charge in [-0.05, 0) is 31.9 Å². The van der Waals surface area contributed by atoms with Gasteiger partial charge in [0.2, 0.25) is 0 Å². The monoisotopic (exact) mass is 622 g/mol. The molecule has 196 valence electrons. The van der Waals surface area contributed by atoms with Crippen LogP contribution in [0.4, 0.5) is 0 Å². The summed E-state index contributed by atoms with van der Waals surface area (Å²) in [6.07, 6.45) is 0. The quantitative estimate of drug-likeness (QED) is 0.216. The molecule has 0 heterocycles. The first-order chi connectivity index (χ1) is 17.7. The summed E-state index contributed by atoms with van der Waals surface area (Å²) in [6, 6.07) is 33.1. The van der Waals surface area contributed by atoms with E-state index in [-0.39, 0.29) is 5.75 Å². The summed E-state index contributed by atoms with van der Waals surface area (Å²) in [4.78, 5) is 0. The van der Waals surface area contributed by atoms with E-state index in [0.29, 0.717) is 5.56 Å². The fourth-order valence-corrected chi connectivity index (χ4v) is 5.33. The Labute approximate surface area is 236 Å². The van der Waals surface area contributed by atoms with E-state index in [1.165, 1.54) is 16.7 Å². The maximum absolute atomic E-state index is 12.7. The zero-order valence-electron chi connectivity index (χ0n) is 21.2. The molecule has 0 unspecified atom stereocenters. The third-order valence-corrected chi connectivity index (χ3v) is 6.74. The van der Waals surface area contributed by atoms with Crippen molar-refractivity contribution < 1.29 is 25.7 Å². The van der Waals surface area contributed by atoms with Crippen molar-refractivity contribution in [1.82, 2.24) is 0 Å². The molecule has 7 heteroatoms. The third-order valence-electron chi connectivity index (χ3n) is 5.50. The van der Waals surface area contributed by atoms with Gasteiger partial charge in [0, 0.05) is 6.04 Å². The Bertz CT molecular complexity index is 1260. The standard InChI is InChI=1S/C21H21N2O2S.C9H12.ClH.Ru/c22-20(18-12-6-2-7-13-18)21(19-14-8-3-9-15-19)23-26(24,25)16-17-10-4-1-5-11-17;1-7-4-8(2)6-9(3)5-7;;/h1-15,20-21H,16,22H2;4-6H,1-3H3;1H;/q-1;;;+2/p-1/t20-,21-;;;/m0.../s1. The first-order valence-electron chi connectivity index (χ1n) is 11.8. The number of nitrogens with two attached hydrogens (primary N) is 1. The van der Waals surface area contributed by atoms with E-state index in [9.17, 15) is 8.42 Å². The van der Waals surface area contributed by atoms with Crippen LogP contribution in [0.25, 0.3) is 4.72 Å². The van der Waals surface area contributed by atoms with Gasteiger partial charge in [0.25, 0.3) is 0 Å². The van der Waals surface area contributed by atoms with Gasteiger partial charge in [0.1, 0.15) is 0 Å². The fourth-order valence-electron chi connectivity index (χ4n) is 4.04. The molecule has 4 nitrogen and oxygen atoms in total. The normalized spacial score (nSPS) is 12.3. The summed E-state index contributed by atoms with van der Waals surface area (Å²) < 4.78 is 29.6. The molecule has 0 fully saturated rings. The predicted molar refractivity (Wildman–Crippen MR) is 151 cm³/mol. The third kappa shape index (κ3) is 10.9. The molecule has 0 aliphatic carbocycles. The van der Waals surface area contributed by atoms with Crippen molar-refractivity contribution in [2.45, 2.75) is 38.6 Å². The van der Waals surface area contributed by atoms with Crippen LogP contribution in [0.1, 0.15) is 45.5 Å². The average molecular weight is 622 g/mol. The average Bonchev–Trinajstić information content (AvgIpc) is 2.89. The second-order valence-electron chi connectivity index (χ2n) is 8.77. The zero-order chi connectivity index (χ0) is 27.3. The van der Waals surface area contributed by atoms with Crippen LogP contribution in [0.15, 0.2) is 109 Å². The van der Waals surface area contributed by atoms with Crippen molar-refractivity contribution in [3.63, 3.8) is 0 Å². The Balaban J connectivity index is 0.000000367. The number of rotatable bonds is 7. The van der Waals surface area contributed by atoms with Crippen LogP contribution in [0.3, 0.4) is 0 Å². The second kappa shape index (κ2) is 15.8. The molecule has 0 spiro atoms. The molecule has 37 heavy (non-hydrogen) atoms. The van der Waals surface area contributed by atoms with E-state index in [1.807, 2.05) is 96.2 Å². The number of hydrogen-bond donors (Lipinski definition) is 1. The summed E-state index contributed by atoms with van der Waals surface area (Å²) in [5, 5.41) is 0. The van der Waals surface area contributed by atoms with E-state index in [4.69, 9.17) is 5.73 Å². The van der Waals surface area contributed by atoms with Gasteiger partial charge in [0.15, 0.2) is 0 Å². The molecule has 2 atom stereocenters. The van der Waals surface area contributed by atoms with Crippen LogP contribution in [-0.4, -0.2) is 8.42 Å². The molecule has 4 aromatic carbocycles. The van der Waals surface area contributed by atoms with Crippen LogP contribution in [0.5, 0.6) is 0 Å². The van der Waals surface area contributed by atoms with E-state index < -0.39 is 22.1 Å². The summed E-state index contributed by atoms with van der Waals surface area (Å²) >= 11 is 1.82. The number of nitrogens with zero attached hydrogens (tertiary/aromatic N) is 1. The summed E-state index contributed by atoms with van der Waals surface area (Å²) in [7, 11) is 0.879. The fraction of sp³-hybridized carbons (Fsp3) is 0.200. The topological polar surface area (TPSA) is 74.3 Å². The van der Waals surface area contributed by atoms with Crippen LogP contribution >= 0.6 is 9.69 Å². The molecule has 0 saturated carbocycles. The van der Waals surface area contributed by atoms with Crippen LogP contribution < -0.4 is 5.73 Å².